The van der Waals surface area contributed by atoms with Crippen molar-refractivity contribution in [3.05, 3.63) is 109 Å². The lowest BCUT2D eigenvalue weighted by Gasteiger charge is -2.14. The number of rotatable bonds is 0. The van der Waals surface area contributed by atoms with Gasteiger partial charge in [0.05, 0.1) is 11.6 Å². The topological polar surface area (TPSA) is 23.8 Å². The van der Waals surface area contributed by atoms with E-state index in [-0.39, 0.29) is 0 Å². The van der Waals surface area contributed by atoms with E-state index in [2.05, 4.69) is 97.1 Å². The molecule has 32 heavy (non-hydrogen) atoms. The third kappa shape index (κ3) is 2.27. The van der Waals surface area contributed by atoms with Gasteiger partial charge in [-0.25, -0.2) is 0 Å². The van der Waals surface area contributed by atoms with Gasteiger partial charge in [-0.15, -0.1) is 0 Å². The molecule has 0 aromatic heterocycles. The Bertz CT molecular complexity index is 1920. The van der Waals surface area contributed by atoms with Crippen LogP contribution in [0.15, 0.2) is 103 Å². The fraction of sp³-hybridized carbons (Fsp3) is 0. The van der Waals surface area contributed by atoms with Crippen molar-refractivity contribution in [2.75, 3.05) is 0 Å². The van der Waals surface area contributed by atoms with Crippen molar-refractivity contribution in [3.63, 3.8) is 0 Å². The Hall–Kier alpha value is -4.41. The lowest BCUT2D eigenvalue weighted by atomic mass is 9.89. The Morgan fingerprint density at radius 3 is 1.44 bits per heavy atom. The maximum Gasteiger partial charge on any atom is 0.0991 e. The molecule has 0 aliphatic heterocycles. The number of hydrogen-bond donors (Lipinski definition) is 0. The molecule has 0 saturated heterocycles. The first-order valence-electron chi connectivity index (χ1n) is 10.8. The van der Waals surface area contributed by atoms with Gasteiger partial charge in [0.15, 0.2) is 0 Å². The molecule has 0 aliphatic rings. The first kappa shape index (κ1) is 17.3. The average Bonchev–Trinajstić information content (AvgIpc) is 2.87. The van der Waals surface area contributed by atoms with Crippen LogP contribution < -0.4 is 0 Å². The largest absolute Gasteiger partial charge is 0.192 e. The molecule has 0 spiro atoms. The molecule has 0 radical (unpaired) electrons. The minimum atomic E-state index is 0.692. The average molecular weight is 403 g/mol. The summed E-state index contributed by atoms with van der Waals surface area (Å²) >= 11 is 0. The van der Waals surface area contributed by atoms with Crippen molar-refractivity contribution in [1.29, 1.82) is 5.26 Å². The smallest absolute Gasteiger partial charge is 0.0991 e. The summed E-state index contributed by atoms with van der Waals surface area (Å²) < 4.78 is 0. The van der Waals surface area contributed by atoms with E-state index < -0.39 is 0 Å². The maximum absolute atomic E-state index is 9.56. The first-order chi connectivity index (χ1) is 15.8. The molecule has 0 N–H and O–H groups in total. The van der Waals surface area contributed by atoms with Crippen LogP contribution in [0.3, 0.4) is 0 Å². The Morgan fingerprint density at radius 2 is 0.844 bits per heavy atom. The summed E-state index contributed by atoms with van der Waals surface area (Å²) in [7, 11) is 0. The van der Waals surface area contributed by atoms with Crippen LogP contribution in [0.1, 0.15) is 5.56 Å². The normalized spacial score (nSPS) is 11.7. The van der Waals surface area contributed by atoms with Crippen molar-refractivity contribution in [3.8, 4) is 6.07 Å². The molecule has 0 saturated carbocycles. The van der Waals surface area contributed by atoms with Gasteiger partial charge in [-0.05, 0) is 76.8 Å². The lowest BCUT2D eigenvalue weighted by molar-refractivity contribution is 1.50. The van der Waals surface area contributed by atoms with Gasteiger partial charge in [0.2, 0.25) is 0 Å². The Balaban J connectivity index is 1.87. The highest BCUT2D eigenvalue weighted by atomic mass is 14.2. The quantitative estimate of drug-likeness (QED) is 0.233. The second-order valence-corrected chi connectivity index (χ2v) is 8.49. The molecule has 0 unspecified atom stereocenters. The van der Waals surface area contributed by atoms with E-state index in [4.69, 9.17) is 0 Å². The van der Waals surface area contributed by atoms with Gasteiger partial charge in [0, 0.05) is 0 Å². The summed E-state index contributed by atoms with van der Waals surface area (Å²) in [5, 5.41) is 24.4. The van der Waals surface area contributed by atoms with E-state index in [9.17, 15) is 5.26 Å². The third-order valence-corrected chi connectivity index (χ3v) is 6.80. The van der Waals surface area contributed by atoms with Crippen molar-refractivity contribution in [2.24, 2.45) is 0 Å². The van der Waals surface area contributed by atoms with Gasteiger partial charge in [0.25, 0.3) is 0 Å². The summed E-state index contributed by atoms with van der Waals surface area (Å²) in [6, 6.07) is 39.1. The fourth-order valence-corrected chi connectivity index (χ4v) is 5.34. The zero-order valence-electron chi connectivity index (χ0n) is 17.3. The fourth-order valence-electron chi connectivity index (χ4n) is 5.34. The number of benzene rings is 7. The minimum absolute atomic E-state index is 0.692. The molecule has 0 bridgehead atoms. The highest BCUT2D eigenvalue weighted by Crippen LogP contribution is 2.41. The predicted octanol–water partition coefficient (Wildman–Crippen LogP) is 8.48. The van der Waals surface area contributed by atoms with Gasteiger partial charge in [0.1, 0.15) is 0 Å². The summed E-state index contributed by atoms with van der Waals surface area (Å²) in [6.07, 6.45) is 0. The number of nitriles is 1. The highest BCUT2D eigenvalue weighted by Gasteiger charge is 2.13. The Kier molecular flexibility index (Phi) is 3.40. The van der Waals surface area contributed by atoms with Crippen molar-refractivity contribution >= 4 is 64.6 Å². The zero-order valence-corrected chi connectivity index (χ0v) is 17.3. The van der Waals surface area contributed by atoms with Crippen LogP contribution in [0.5, 0.6) is 0 Å². The molecule has 7 rings (SSSR count). The molecule has 0 heterocycles. The van der Waals surface area contributed by atoms with Crippen LogP contribution in [-0.2, 0) is 0 Å². The second-order valence-electron chi connectivity index (χ2n) is 8.49. The second kappa shape index (κ2) is 6.30. The summed E-state index contributed by atoms with van der Waals surface area (Å²) in [4.78, 5) is 0. The van der Waals surface area contributed by atoms with Crippen LogP contribution in [0.4, 0.5) is 0 Å². The standard InChI is InChI=1S/C31H17N/c32-18-19-5-6-21-8-10-23-12-14-25-16-15-24-13-11-22-9-7-20-3-1-2-4-26(20)28(22)30(24)31(25)29(23)27(21)17-19/h1-17H. The minimum Gasteiger partial charge on any atom is -0.192 e. The summed E-state index contributed by atoms with van der Waals surface area (Å²) in [6.45, 7) is 0. The van der Waals surface area contributed by atoms with E-state index in [1.807, 2.05) is 12.1 Å². The Morgan fingerprint density at radius 1 is 0.406 bits per heavy atom. The molecule has 1 nitrogen and oxygen atoms in total. The van der Waals surface area contributed by atoms with Gasteiger partial charge in [-0.1, -0.05) is 91.0 Å². The number of hydrogen-bond acceptors (Lipinski definition) is 1. The number of fused-ring (bicyclic) bond motifs is 11. The zero-order chi connectivity index (χ0) is 21.2. The summed E-state index contributed by atoms with van der Waals surface area (Å²) in [5.41, 5.74) is 0.692. The van der Waals surface area contributed by atoms with Crippen LogP contribution in [0.2, 0.25) is 0 Å². The van der Waals surface area contributed by atoms with Gasteiger partial charge in [-0.2, -0.15) is 5.26 Å². The monoisotopic (exact) mass is 403 g/mol. The van der Waals surface area contributed by atoms with Crippen molar-refractivity contribution in [1.82, 2.24) is 0 Å². The number of nitrogens with zero attached hydrogens (tertiary/aromatic N) is 1. The molecule has 0 atom stereocenters. The molecule has 0 fully saturated rings. The first-order valence-corrected chi connectivity index (χ1v) is 10.8. The van der Waals surface area contributed by atoms with Crippen molar-refractivity contribution < 1.29 is 0 Å². The van der Waals surface area contributed by atoms with Crippen LogP contribution in [0.25, 0.3) is 64.6 Å². The van der Waals surface area contributed by atoms with Gasteiger partial charge >= 0.3 is 0 Å². The Labute approximate surface area is 184 Å². The molecular weight excluding hydrogens is 386 g/mol. The molecular formula is C31H17N. The van der Waals surface area contributed by atoms with Gasteiger partial charge in [-0.3, -0.25) is 0 Å². The van der Waals surface area contributed by atoms with E-state index in [0.717, 1.165) is 10.8 Å². The third-order valence-electron chi connectivity index (χ3n) is 6.80. The van der Waals surface area contributed by atoms with E-state index in [0.29, 0.717) is 5.56 Å². The van der Waals surface area contributed by atoms with Crippen LogP contribution >= 0.6 is 0 Å². The van der Waals surface area contributed by atoms with E-state index in [1.54, 1.807) is 0 Å². The molecule has 0 amide bonds. The van der Waals surface area contributed by atoms with Crippen LogP contribution in [-0.4, -0.2) is 0 Å². The highest BCUT2D eigenvalue weighted by molar-refractivity contribution is 6.35. The van der Waals surface area contributed by atoms with Crippen molar-refractivity contribution in [2.45, 2.75) is 0 Å². The van der Waals surface area contributed by atoms with Crippen LogP contribution in [0, 0.1) is 11.3 Å². The lowest BCUT2D eigenvalue weighted by Crippen LogP contribution is -1.87. The SMILES string of the molecule is N#Cc1ccc2ccc3ccc4ccc5ccc6ccc7ccccc7c6c5c4c3c2c1. The molecule has 1 heteroatoms. The van der Waals surface area contributed by atoms with Gasteiger partial charge < -0.3 is 0 Å². The molecule has 7 aromatic carbocycles. The predicted molar refractivity (Wildman–Crippen MR) is 136 cm³/mol. The van der Waals surface area contributed by atoms with E-state index in [1.165, 1.54) is 53.9 Å². The summed E-state index contributed by atoms with van der Waals surface area (Å²) in [5.74, 6) is 0. The van der Waals surface area contributed by atoms with E-state index >= 15 is 0 Å². The molecule has 0 aliphatic carbocycles. The molecule has 146 valence electrons. The maximum atomic E-state index is 9.56. The molecule has 7 aromatic rings.